The summed E-state index contributed by atoms with van der Waals surface area (Å²) in [5.74, 6) is 0.509. The maximum Gasteiger partial charge on any atom is 0.260 e. The van der Waals surface area contributed by atoms with Gasteiger partial charge in [-0.3, -0.25) is 14.2 Å². The highest BCUT2D eigenvalue weighted by atomic mass is 16.1. The number of nitrogens with one attached hydrogen (secondary N) is 1. The molecule has 0 saturated heterocycles. The maximum absolute atomic E-state index is 12.1. The molecule has 0 spiro atoms. The Morgan fingerprint density at radius 3 is 2.47 bits per heavy atom. The molecule has 17 heavy (non-hydrogen) atoms. The van der Waals surface area contributed by atoms with Crippen molar-refractivity contribution in [1.82, 2.24) is 19.6 Å². The molecule has 2 rings (SSSR count). The molecule has 0 aliphatic carbocycles. The summed E-state index contributed by atoms with van der Waals surface area (Å²) in [5.41, 5.74) is 2.19. The predicted octanol–water partition coefficient (Wildman–Crippen LogP) is 1.02. The molecule has 0 bridgehead atoms. The predicted molar refractivity (Wildman–Crippen MR) is 63.8 cm³/mol. The Morgan fingerprint density at radius 2 is 2.00 bits per heavy atom. The quantitative estimate of drug-likeness (QED) is 0.842. The lowest BCUT2D eigenvalue weighted by molar-refractivity contribution is 0.102. The summed E-state index contributed by atoms with van der Waals surface area (Å²) in [6.45, 7) is 3.70. The normalized spacial score (nSPS) is 10.6. The number of rotatable bonds is 2. The van der Waals surface area contributed by atoms with Crippen molar-refractivity contribution in [2.75, 3.05) is 5.32 Å². The van der Waals surface area contributed by atoms with Crippen molar-refractivity contribution in [2.24, 2.45) is 14.1 Å². The van der Waals surface area contributed by atoms with Crippen LogP contribution in [0.25, 0.3) is 0 Å². The summed E-state index contributed by atoms with van der Waals surface area (Å²) in [6.07, 6.45) is 1.64. The Kier molecular flexibility index (Phi) is 2.71. The van der Waals surface area contributed by atoms with E-state index in [0.29, 0.717) is 11.4 Å². The molecule has 1 N–H and O–H groups in total. The van der Waals surface area contributed by atoms with E-state index in [1.54, 1.807) is 28.7 Å². The highest BCUT2D eigenvalue weighted by Crippen LogP contribution is 2.14. The van der Waals surface area contributed by atoms with E-state index in [0.717, 1.165) is 11.4 Å². The fourth-order valence-electron chi connectivity index (χ4n) is 1.78. The van der Waals surface area contributed by atoms with Crippen molar-refractivity contribution >= 4 is 11.7 Å². The molecule has 0 aliphatic rings. The largest absolute Gasteiger partial charge is 0.307 e. The van der Waals surface area contributed by atoms with Crippen LogP contribution in [-0.2, 0) is 14.1 Å². The van der Waals surface area contributed by atoms with Crippen LogP contribution < -0.4 is 5.32 Å². The van der Waals surface area contributed by atoms with Gasteiger partial charge in [-0.15, -0.1) is 0 Å². The van der Waals surface area contributed by atoms with Gasteiger partial charge in [0.15, 0.2) is 0 Å². The Morgan fingerprint density at radius 1 is 1.29 bits per heavy atom. The first-order valence-electron chi connectivity index (χ1n) is 5.30. The van der Waals surface area contributed by atoms with Crippen molar-refractivity contribution in [1.29, 1.82) is 0 Å². The van der Waals surface area contributed by atoms with Crippen LogP contribution in [0.3, 0.4) is 0 Å². The van der Waals surface area contributed by atoms with E-state index in [9.17, 15) is 4.79 Å². The van der Waals surface area contributed by atoms with E-state index in [4.69, 9.17) is 0 Å². The zero-order valence-electron chi connectivity index (χ0n) is 10.4. The fourth-order valence-corrected chi connectivity index (χ4v) is 1.78. The highest BCUT2D eigenvalue weighted by Gasteiger charge is 2.17. The molecular weight excluding hydrogens is 218 g/mol. The summed E-state index contributed by atoms with van der Waals surface area (Å²) in [7, 11) is 3.60. The van der Waals surface area contributed by atoms with E-state index < -0.39 is 0 Å². The number of aryl methyl sites for hydroxylation is 3. The van der Waals surface area contributed by atoms with Crippen LogP contribution in [0.1, 0.15) is 21.7 Å². The molecular formula is C11H15N5O. The molecule has 0 aromatic carbocycles. The smallest absolute Gasteiger partial charge is 0.260 e. The van der Waals surface area contributed by atoms with Gasteiger partial charge in [-0.05, 0) is 13.8 Å². The molecule has 0 aliphatic heterocycles. The molecule has 0 radical (unpaired) electrons. The second-order valence-electron chi connectivity index (χ2n) is 3.96. The van der Waals surface area contributed by atoms with Crippen LogP contribution >= 0.6 is 0 Å². The minimum Gasteiger partial charge on any atom is -0.307 e. The summed E-state index contributed by atoms with van der Waals surface area (Å²) < 4.78 is 3.31. The minimum absolute atomic E-state index is 0.156. The number of anilines is 1. The van der Waals surface area contributed by atoms with Crippen LogP contribution in [0.4, 0.5) is 5.82 Å². The van der Waals surface area contributed by atoms with Crippen molar-refractivity contribution in [3.8, 4) is 0 Å². The fraction of sp³-hybridized carbons (Fsp3) is 0.364. The van der Waals surface area contributed by atoms with Gasteiger partial charge in [-0.2, -0.15) is 10.2 Å². The second kappa shape index (κ2) is 4.04. The molecule has 2 heterocycles. The molecule has 0 unspecified atom stereocenters. The van der Waals surface area contributed by atoms with E-state index in [2.05, 4.69) is 15.5 Å². The average Bonchev–Trinajstić information content (AvgIpc) is 2.74. The maximum atomic E-state index is 12.1. The molecule has 2 aromatic heterocycles. The van der Waals surface area contributed by atoms with Crippen molar-refractivity contribution in [2.45, 2.75) is 13.8 Å². The van der Waals surface area contributed by atoms with E-state index in [-0.39, 0.29) is 5.91 Å². The van der Waals surface area contributed by atoms with Gasteiger partial charge >= 0.3 is 0 Å². The van der Waals surface area contributed by atoms with E-state index >= 15 is 0 Å². The third-order valence-corrected chi connectivity index (χ3v) is 2.80. The summed E-state index contributed by atoms with van der Waals surface area (Å²) in [6, 6.07) is 1.75. The highest BCUT2D eigenvalue weighted by molar-refractivity contribution is 6.05. The molecule has 90 valence electrons. The van der Waals surface area contributed by atoms with E-state index in [1.807, 2.05) is 20.9 Å². The Labute approximate surface area is 99.2 Å². The minimum atomic E-state index is -0.156. The number of amides is 1. The zero-order chi connectivity index (χ0) is 12.6. The van der Waals surface area contributed by atoms with Gasteiger partial charge in [0.2, 0.25) is 0 Å². The van der Waals surface area contributed by atoms with Crippen molar-refractivity contribution in [3.05, 3.63) is 29.2 Å². The van der Waals surface area contributed by atoms with Gasteiger partial charge in [0.25, 0.3) is 5.91 Å². The molecule has 0 saturated carbocycles. The Hall–Kier alpha value is -2.11. The monoisotopic (exact) mass is 233 g/mol. The molecule has 6 nitrogen and oxygen atoms in total. The molecule has 0 fully saturated rings. The lowest BCUT2D eigenvalue weighted by Gasteiger charge is -2.05. The number of carbonyl (C=O) groups excluding carboxylic acids is 1. The average molecular weight is 233 g/mol. The van der Waals surface area contributed by atoms with Gasteiger partial charge in [0, 0.05) is 25.9 Å². The lowest BCUT2D eigenvalue weighted by atomic mass is 10.2. The van der Waals surface area contributed by atoms with Gasteiger partial charge in [0.1, 0.15) is 5.82 Å². The first-order chi connectivity index (χ1) is 8.00. The SMILES string of the molecule is Cc1nn(C)c(C)c1C(=O)Nc1ccnn1C. The van der Waals surface area contributed by atoms with Crippen LogP contribution in [0, 0.1) is 13.8 Å². The molecule has 1 amide bonds. The number of nitrogens with zero attached hydrogens (tertiary/aromatic N) is 4. The first kappa shape index (κ1) is 11.4. The Bertz CT molecular complexity index is 566. The number of aromatic nitrogens is 4. The first-order valence-corrected chi connectivity index (χ1v) is 5.30. The number of hydrogen-bond donors (Lipinski definition) is 1. The standard InChI is InChI=1S/C11H15N5O/c1-7-10(8(2)15(3)14-7)11(17)13-9-5-6-12-16(9)4/h5-6H,1-4H3,(H,13,17). The third kappa shape index (κ3) is 1.93. The van der Waals surface area contributed by atoms with Gasteiger partial charge in [0.05, 0.1) is 17.5 Å². The van der Waals surface area contributed by atoms with Crippen LogP contribution in [0.2, 0.25) is 0 Å². The number of carbonyl (C=O) groups is 1. The van der Waals surface area contributed by atoms with Crippen molar-refractivity contribution in [3.63, 3.8) is 0 Å². The second-order valence-corrected chi connectivity index (χ2v) is 3.96. The molecule has 2 aromatic rings. The van der Waals surface area contributed by atoms with Gasteiger partial charge < -0.3 is 5.32 Å². The lowest BCUT2D eigenvalue weighted by Crippen LogP contribution is -2.16. The third-order valence-electron chi connectivity index (χ3n) is 2.80. The van der Waals surface area contributed by atoms with Gasteiger partial charge in [-0.25, -0.2) is 0 Å². The molecule has 6 heteroatoms. The van der Waals surface area contributed by atoms with Crippen LogP contribution in [0.5, 0.6) is 0 Å². The number of hydrogen-bond acceptors (Lipinski definition) is 3. The Balaban J connectivity index is 2.29. The zero-order valence-corrected chi connectivity index (χ0v) is 10.4. The summed E-state index contributed by atoms with van der Waals surface area (Å²) >= 11 is 0. The topological polar surface area (TPSA) is 64.7 Å². The van der Waals surface area contributed by atoms with Crippen LogP contribution in [0.15, 0.2) is 12.3 Å². The van der Waals surface area contributed by atoms with Gasteiger partial charge in [-0.1, -0.05) is 0 Å². The molecule has 0 atom stereocenters. The van der Waals surface area contributed by atoms with E-state index in [1.165, 1.54) is 0 Å². The van der Waals surface area contributed by atoms with Crippen LogP contribution in [-0.4, -0.2) is 25.5 Å². The summed E-state index contributed by atoms with van der Waals surface area (Å²) in [4.78, 5) is 12.1. The summed E-state index contributed by atoms with van der Waals surface area (Å²) in [5, 5.41) is 11.0. The van der Waals surface area contributed by atoms with Crippen molar-refractivity contribution < 1.29 is 4.79 Å².